The fraction of sp³-hybridized carbons (Fsp3) is 0.433. The van der Waals surface area contributed by atoms with Gasteiger partial charge in [0.15, 0.2) is 0 Å². The minimum Gasteiger partial charge on any atom is -0.507 e. The fourth-order valence-electron chi connectivity index (χ4n) is 6.58. The number of urea groups is 1. The van der Waals surface area contributed by atoms with Gasteiger partial charge < -0.3 is 19.8 Å². The van der Waals surface area contributed by atoms with Crippen molar-refractivity contribution in [2.24, 2.45) is 0 Å². The number of benzene rings is 2. The summed E-state index contributed by atoms with van der Waals surface area (Å²) < 4.78 is 0. The molecule has 2 amide bonds. The molecule has 3 aromatic rings. The van der Waals surface area contributed by atoms with Crippen molar-refractivity contribution in [2.45, 2.75) is 37.1 Å². The third-order valence-corrected chi connectivity index (χ3v) is 8.70. The highest BCUT2D eigenvalue weighted by atomic mass is 16.3. The molecule has 1 N–H and O–H groups in total. The highest BCUT2D eigenvalue weighted by Gasteiger charge is 2.47. The first-order valence-electron chi connectivity index (χ1n) is 13.6. The number of likely N-dealkylation sites (tertiary alicyclic amines) is 1. The summed E-state index contributed by atoms with van der Waals surface area (Å²) in [5.41, 5.74) is 3.88. The van der Waals surface area contributed by atoms with E-state index in [0.29, 0.717) is 17.3 Å². The maximum Gasteiger partial charge on any atom is 0.323 e. The molecule has 3 aliphatic rings. The molecule has 38 heavy (non-hydrogen) atoms. The number of aromatic nitrogens is 2. The van der Waals surface area contributed by atoms with E-state index in [0.717, 1.165) is 69.9 Å². The first kappa shape index (κ1) is 24.7. The second-order valence-corrected chi connectivity index (χ2v) is 11.1. The van der Waals surface area contributed by atoms with Crippen molar-refractivity contribution in [1.29, 1.82) is 0 Å². The lowest BCUT2D eigenvalue weighted by Crippen LogP contribution is -2.52. The largest absolute Gasteiger partial charge is 0.507 e. The van der Waals surface area contributed by atoms with E-state index >= 15 is 0 Å². The number of para-hydroxylation sites is 2. The van der Waals surface area contributed by atoms with E-state index in [9.17, 15) is 9.90 Å². The van der Waals surface area contributed by atoms with Crippen LogP contribution in [0, 0.1) is 0 Å². The Morgan fingerprint density at radius 1 is 1.00 bits per heavy atom. The highest BCUT2D eigenvalue weighted by Crippen LogP contribution is 2.47. The number of carbonyl (C=O) groups is 1. The highest BCUT2D eigenvalue weighted by molar-refractivity contribution is 5.95. The molecule has 8 nitrogen and oxygen atoms in total. The number of phenols is 1. The lowest BCUT2D eigenvalue weighted by molar-refractivity contribution is 0.104. The minimum absolute atomic E-state index is 0. The molecular formula is C30H38N6O2. The predicted octanol–water partition coefficient (Wildman–Crippen LogP) is 4.60. The number of rotatable bonds is 3. The smallest absolute Gasteiger partial charge is 0.323 e. The molecule has 6 rings (SSSR count). The van der Waals surface area contributed by atoms with Gasteiger partial charge in [-0.15, -0.1) is 0 Å². The van der Waals surface area contributed by atoms with Gasteiger partial charge in [0.25, 0.3) is 0 Å². The summed E-state index contributed by atoms with van der Waals surface area (Å²) >= 11 is 0. The van der Waals surface area contributed by atoms with Crippen LogP contribution in [0.5, 0.6) is 5.75 Å². The number of hydrogen-bond acceptors (Lipinski definition) is 6. The number of anilines is 2. The number of nitrogens with zero attached hydrogens (tertiary/aromatic N) is 6. The van der Waals surface area contributed by atoms with Gasteiger partial charge in [-0.1, -0.05) is 30.3 Å². The number of amides is 2. The third-order valence-electron chi connectivity index (χ3n) is 8.70. The Morgan fingerprint density at radius 3 is 2.45 bits per heavy atom. The second-order valence-electron chi connectivity index (χ2n) is 11.1. The molecule has 0 saturated carbocycles. The van der Waals surface area contributed by atoms with Crippen molar-refractivity contribution < 1.29 is 11.3 Å². The Balaban J connectivity index is 0.00000308. The van der Waals surface area contributed by atoms with Gasteiger partial charge in [0.1, 0.15) is 11.6 Å². The first-order valence-corrected chi connectivity index (χ1v) is 13.6. The molecule has 1 spiro atoms. The van der Waals surface area contributed by atoms with Crippen LogP contribution in [0.3, 0.4) is 0 Å². The van der Waals surface area contributed by atoms with Crippen LogP contribution in [0.4, 0.5) is 16.3 Å². The zero-order valence-electron chi connectivity index (χ0n) is 22.3. The number of hydrogen-bond donors (Lipinski definition) is 1. The van der Waals surface area contributed by atoms with E-state index in [1.807, 2.05) is 49.5 Å². The molecule has 0 aliphatic carbocycles. The van der Waals surface area contributed by atoms with Crippen molar-refractivity contribution in [3.05, 3.63) is 66.5 Å². The van der Waals surface area contributed by atoms with Crippen LogP contribution in [0.2, 0.25) is 0 Å². The number of aromatic hydroxyl groups is 1. The molecule has 4 heterocycles. The van der Waals surface area contributed by atoms with E-state index in [-0.39, 0.29) is 18.6 Å². The Morgan fingerprint density at radius 2 is 1.71 bits per heavy atom. The molecule has 3 aliphatic heterocycles. The fourth-order valence-corrected chi connectivity index (χ4v) is 6.58. The Bertz CT molecular complexity index is 1320. The summed E-state index contributed by atoms with van der Waals surface area (Å²) in [6, 6.07) is 16.4. The lowest BCUT2D eigenvalue weighted by atomic mass is 9.74. The Hall–Kier alpha value is -3.65. The van der Waals surface area contributed by atoms with Gasteiger partial charge in [0, 0.05) is 57.9 Å². The molecule has 8 heteroatoms. The zero-order chi connectivity index (χ0) is 26.3. The average molecular weight is 515 g/mol. The molecule has 2 aromatic carbocycles. The van der Waals surface area contributed by atoms with Gasteiger partial charge in [-0.05, 0) is 62.5 Å². The molecule has 1 aromatic heterocycles. The minimum atomic E-state index is 0. The van der Waals surface area contributed by atoms with Crippen LogP contribution < -0.4 is 9.80 Å². The summed E-state index contributed by atoms with van der Waals surface area (Å²) in [5.74, 6) is 1.09. The van der Waals surface area contributed by atoms with Crippen LogP contribution in [0.25, 0.3) is 11.3 Å². The summed E-state index contributed by atoms with van der Waals surface area (Å²) in [6.07, 6.45) is 7.88. The number of phenolic OH excluding ortho intramolecular Hbond substituents is 1. The maximum absolute atomic E-state index is 12.9. The van der Waals surface area contributed by atoms with Gasteiger partial charge in [-0.2, -0.15) is 0 Å². The summed E-state index contributed by atoms with van der Waals surface area (Å²) in [7, 11) is 3.66. The molecule has 0 unspecified atom stereocenters. The van der Waals surface area contributed by atoms with Gasteiger partial charge in [-0.3, -0.25) is 9.88 Å². The molecule has 200 valence electrons. The normalized spacial score (nSPS) is 19.5. The van der Waals surface area contributed by atoms with Crippen LogP contribution in [-0.2, 0) is 5.41 Å². The molecule has 2 fully saturated rings. The quantitative estimate of drug-likeness (QED) is 0.551. The predicted molar refractivity (Wildman–Crippen MR) is 152 cm³/mol. The van der Waals surface area contributed by atoms with E-state index in [1.165, 1.54) is 5.56 Å². The van der Waals surface area contributed by atoms with Crippen molar-refractivity contribution in [2.75, 3.05) is 56.6 Å². The molecule has 2 saturated heterocycles. The SMILES string of the molecule is CN(C)C(=O)N1CC2(CCN(C3CCN(c4cncc(-c5ccccc5O)n4)CC3)CC2)c2ccccc21.[HH]. The number of piperidine rings is 2. The third kappa shape index (κ3) is 4.36. The maximum atomic E-state index is 12.9. The van der Waals surface area contributed by atoms with Crippen molar-refractivity contribution >= 4 is 17.5 Å². The molecular weight excluding hydrogens is 476 g/mol. The van der Waals surface area contributed by atoms with Gasteiger partial charge in [0.05, 0.1) is 18.1 Å². The van der Waals surface area contributed by atoms with Crippen molar-refractivity contribution in [1.82, 2.24) is 19.8 Å². The average Bonchev–Trinajstić information content (AvgIpc) is 3.27. The van der Waals surface area contributed by atoms with Gasteiger partial charge in [-0.25, -0.2) is 9.78 Å². The molecule has 0 atom stereocenters. The van der Waals surface area contributed by atoms with E-state index in [1.54, 1.807) is 17.2 Å². The van der Waals surface area contributed by atoms with Crippen LogP contribution >= 0.6 is 0 Å². The molecule has 0 radical (unpaired) electrons. The lowest BCUT2D eigenvalue weighted by Gasteiger charge is -2.45. The van der Waals surface area contributed by atoms with Crippen molar-refractivity contribution in [3.8, 4) is 17.0 Å². The Kier molecular flexibility index (Phi) is 6.43. The summed E-state index contributed by atoms with van der Waals surface area (Å²) in [6.45, 7) is 4.79. The van der Waals surface area contributed by atoms with E-state index in [4.69, 9.17) is 4.98 Å². The van der Waals surface area contributed by atoms with Crippen LogP contribution in [0.1, 0.15) is 32.7 Å². The monoisotopic (exact) mass is 514 g/mol. The van der Waals surface area contributed by atoms with Crippen molar-refractivity contribution in [3.63, 3.8) is 0 Å². The summed E-state index contributed by atoms with van der Waals surface area (Å²) in [5, 5.41) is 10.2. The topological polar surface area (TPSA) is 76.0 Å². The molecule has 0 bridgehead atoms. The Labute approximate surface area is 226 Å². The van der Waals surface area contributed by atoms with Crippen LogP contribution in [0.15, 0.2) is 60.9 Å². The summed E-state index contributed by atoms with van der Waals surface area (Å²) in [4.78, 5) is 30.8. The second kappa shape index (κ2) is 9.91. The number of carbonyl (C=O) groups excluding carboxylic acids is 1. The van der Waals surface area contributed by atoms with E-state index in [2.05, 4.69) is 33.0 Å². The van der Waals surface area contributed by atoms with Crippen LogP contribution in [-0.4, -0.2) is 83.8 Å². The standard InChI is InChI=1S/C30H36N6O2.H2/c1-33(2)29(38)36-21-30(24-8-4-5-9-26(24)36)13-17-34(18-14-30)22-11-15-35(16-12-22)28-20-31-19-25(32-28)23-7-3-6-10-27(23)37;/h3-10,19-20,22,37H,11-18,21H2,1-2H3;1H. The number of fused-ring (bicyclic) bond motifs is 2. The van der Waals surface area contributed by atoms with Gasteiger partial charge in [0.2, 0.25) is 0 Å². The first-order chi connectivity index (χ1) is 18.4. The van der Waals surface area contributed by atoms with Gasteiger partial charge >= 0.3 is 6.03 Å². The zero-order valence-corrected chi connectivity index (χ0v) is 22.3. The van der Waals surface area contributed by atoms with E-state index < -0.39 is 0 Å².